The number of aromatic hydroxyl groups is 1. The number of nitrogens with zero attached hydrogens (tertiary/aromatic N) is 6. The van der Waals surface area contributed by atoms with E-state index in [-0.39, 0.29) is 69.2 Å². The van der Waals surface area contributed by atoms with E-state index in [1.54, 1.807) is 12.1 Å². The summed E-state index contributed by atoms with van der Waals surface area (Å²) in [7, 11) is 3.78. The van der Waals surface area contributed by atoms with Gasteiger partial charge in [-0.15, -0.1) is 22.0 Å². The average molecular weight is 816 g/mol. The number of benzene rings is 2. The molecule has 4 aromatic rings. The normalized spacial score (nSPS) is 16.5. The zero-order valence-electron chi connectivity index (χ0n) is 29.2. The molecule has 0 spiro atoms. The molecule has 280 valence electrons. The van der Waals surface area contributed by atoms with Crippen molar-refractivity contribution in [3.8, 4) is 5.75 Å². The quantitative estimate of drug-likeness (QED) is 0.0253. The molecule has 0 radical (unpaired) electrons. The van der Waals surface area contributed by atoms with Gasteiger partial charge in [0.2, 0.25) is 23.4 Å². The molecule has 2 unspecified atom stereocenters. The van der Waals surface area contributed by atoms with Crippen LogP contribution in [0.2, 0.25) is 0 Å². The fraction of sp³-hybridized carbons (Fsp3) is 0.219. The van der Waals surface area contributed by atoms with Gasteiger partial charge in [-0.25, -0.2) is 9.78 Å². The zero-order valence-corrected chi connectivity index (χ0v) is 33.7. The number of aliphatic carboxylic acids is 1. The minimum atomic E-state index is -1.65. The topological polar surface area (TPSA) is 272 Å². The number of aromatic nitrogens is 4. The minimum absolute atomic E-state index is 0. The van der Waals surface area contributed by atoms with E-state index in [4.69, 9.17) is 5.73 Å². The van der Waals surface area contributed by atoms with Gasteiger partial charge < -0.3 is 41.6 Å². The predicted molar refractivity (Wildman–Crippen MR) is 199 cm³/mol. The average Bonchev–Trinajstić information content (AvgIpc) is 3.59. The Hall–Kier alpha value is -5.13. The molecule has 2 aromatic carbocycles. The summed E-state index contributed by atoms with van der Waals surface area (Å²) in [5.74, 6) is -3.12. The number of aromatic amines is 1. The number of carbonyl (C=O) groups is 5. The first-order valence-electron chi connectivity index (χ1n) is 15.7. The fourth-order valence-electron chi connectivity index (χ4n) is 5.60. The second kappa shape index (κ2) is 17.6. The van der Waals surface area contributed by atoms with Gasteiger partial charge in [-0.05, 0) is 47.5 Å². The van der Waals surface area contributed by atoms with Crippen molar-refractivity contribution in [2.75, 3.05) is 46.0 Å². The second-order valence-electron chi connectivity index (χ2n) is 11.8. The van der Waals surface area contributed by atoms with Crippen LogP contribution in [0, 0.1) is 0 Å². The van der Waals surface area contributed by atoms with Crippen LogP contribution in [-0.4, -0.2) is 97.4 Å². The Kier molecular flexibility index (Phi) is 13.1. The van der Waals surface area contributed by atoms with Crippen molar-refractivity contribution in [1.29, 1.82) is 0 Å². The van der Waals surface area contributed by atoms with Crippen molar-refractivity contribution >= 4 is 93.2 Å². The molecule has 2 aromatic heterocycles. The molecule has 5 amide bonds. The van der Waals surface area contributed by atoms with E-state index in [1.165, 1.54) is 36.0 Å². The molecule has 3 atom stereocenters. The Balaban J connectivity index is 0.00000580. The molecule has 7 N–H and O–H groups in total. The summed E-state index contributed by atoms with van der Waals surface area (Å²) in [5.41, 5.74) is 6.24. The van der Waals surface area contributed by atoms with Gasteiger partial charge >= 0.3 is 35.6 Å². The Morgan fingerprint density at radius 1 is 1.15 bits per heavy atom. The number of amides is 5. The van der Waals surface area contributed by atoms with E-state index in [1.807, 2.05) is 31.1 Å². The molecule has 55 heavy (non-hydrogen) atoms. The molecule has 2 aliphatic heterocycles. The Bertz CT molecular complexity index is 2200. The van der Waals surface area contributed by atoms with Crippen LogP contribution in [-0.2, 0) is 19.2 Å². The van der Waals surface area contributed by atoms with Crippen LogP contribution in [0.15, 0.2) is 75.1 Å². The summed E-state index contributed by atoms with van der Waals surface area (Å²) in [6.45, 7) is 0. The van der Waals surface area contributed by atoms with Crippen LogP contribution >= 0.6 is 34.9 Å². The van der Waals surface area contributed by atoms with Crippen LogP contribution in [0.3, 0.4) is 0 Å². The molecule has 2 aliphatic rings. The van der Waals surface area contributed by atoms with Gasteiger partial charge in [-0.2, -0.15) is 0 Å². The number of phenols is 1. The van der Waals surface area contributed by atoms with E-state index < -0.39 is 52.5 Å². The number of urea groups is 1. The van der Waals surface area contributed by atoms with Crippen LogP contribution in [0.25, 0.3) is 0 Å². The van der Waals surface area contributed by atoms with Gasteiger partial charge in [-0.3, -0.25) is 34.0 Å². The minimum Gasteiger partial charge on any atom is -0.543 e. The molecule has 6 rings (SSSR count). The summed E-state index contributed by atoms with van der Waals surface area (Å²) in [4.78, 5) is 87.5. The first-order valence-corrected chi connectivity index (χ1v) is 18.6. The number of β-lactam (4-membered cyclic amide) rings is 1. The first kappa shape index (κ1) is 41.0. The van der Waals surface area contributed by atoms with Gasteiger partial charge in [0.15, 0.2) is 4.34 Å². The molecule has 1 fully saturated rings. The van der Waals surface area contributed by atoms with Crippen LogP contribution in [0.5, 0.6) is 5.75 Å². The van der Waals surface area contributed by atoms with Gasteiger partial charge in [-0.1, -0.05) is 35.2 Å². The summed E-state index contributed by atoms with van der Waals surface area (Å²) >= 11 is 3.44. The van der Waals surface area contributed by atoms with Gasteiger partial charge in [0.05, 0.1) is 17.9 Å². The number of nitrogens with two attached hydrogens (primary N) is 1. The molecular formula is C32H30N11NaO8S3. The molecule has 4 heterocycles. The van der Waals surface area contributed by atoms with Crippen molar-refractivity contribution < 1.29 is 63.7 Å². The number of H-pyrrole nitrogens is 1. The smallest absolute Gasteiger partial charge is 0.543 e. The van der Waals surface area contributed by atoms with Gasteiger partial charge in [0.25, 0.3) is 11.5 Å². The summed E-state index contributed by atoms with van der Waals surface area (Å²) < 4.78 is 0.450. The number of carboxylic acids is 1. The maximum absolute atomic E-state index is 14.1. The predicted octanol–water partition coefficient (Wildman–Crippen LogP) is -2.47. The maximum atomic E-state index is 14.1. The number of rotatable bonds is 14. The molecule has 0 saturated carbocycles. The number of phenolic OH excluding ortho intramolecular Hbond substituents is 1. The van der Waals surface area contributed by atoms with Gasteiger partial charge in [0, 0.05) is 37.0 Å². The molecule has 23 heteroatoms. The fourth-order valence-corrected chi connectivity index (χ4v) is 8.80. The summed E-state index contributed by atoms with van der Waals surface area (Å²) in [6, 6.07) is 8.36. The third-order valence-electron chi connectivity index (χ3n) is 8.14. The number of thioether (sulfide) groups is 2. The molecule has 19 nitrogen and oxygen atoms in total. The maximum Gasteiger partial charge on any atom is 1.00 e. The zero-order chi connectivity index (χ0) is 38.7. The third kappa shape index (κ3) is 8.89. The number of primary amides is 1. The number of hydrogen-bond donors (Lipinski definition) is 6. The SMILES string of the molecule is CN(C)c1ccc(Nc2ncc(N(C(N)=O)C(C(=O)NC3C(=O)N4C(C(=O)[O-])=C(CSc5nnc(NC=O)s5)CS[C@@H]34)c3ccc(O)cc3)c(=O)[nH]2)cc1.[Na+]. The second-order valence-corrected chi connectivity index (χ2v) is 15.1. The van der Waals surface area contributed by atoms with E-state index in [9.17, 15) is 39.0 Å². The number of carboxylic acid groups (broad SMARTS) is 1. The van der Waals surface area contributed by atoms with E-state index >= 15 is 0 Å². The Morgan fingerprint density at radius 3 is 2.47 bits per heavy atom. The third-order valence-corrected chi connectivity index (χ3v) is 11.6. The Morgan fingerprint density at radius 2 is 1.85 bits per heavy atom. The van der Waals surface area contributed by atoms with Crippen LogP contribution in [0.1, 0.15) is 11.6 Å². The number of nitrogens with one attached hydrogen (secondary N) is 4. The number of carbonyl (C=O) groups excluding carboxylic acids is 5. The van der Waals surface area contributed by atoms with Crippen molar-refractivity contribution in [2.24, 2.45) is 5.73 Å². The van der Waals surface area contributed by atoms with Crippen molar-refractivity contribution in [3.63, 3.8) is 0 Å². The number of fused-ring (bicyclic) bond motifs is 1. The Labute approximate surface area is 346 Å². The van der Waals surface area contributed by atoms with Crippen LogP contribution in [0.4, 0.5) is 32.9 Å². The standard InChI is InChI=1S/C32H31N11O8S3.Na/c1-41(2)18-7-5-17(6-8-18)36-30-34-11-20(24(46)38-30)42(29(33)51)22(15-3-9-19(45)10-4-15)25(47)37-21-26(48)43-23(28(49)50)16(12-52-27(21)43)13-53-32-40-39-31(54-32)35-14-44;/h3-11,14,21-22,27,45H,12-13H2,1-2H3,(H2,33,51)(H,37,47)(H,49,50)(H,35,39,44)(H2,34,36,38,46);/q;+1/p-1/t21?,22?,27-;/m0./s1. The molecule has 1 saturated heterocycles. The first-order chi connectivity index (χ1) is 25.9. The largest absolute Gasteiger partial charge is 1.00 e. The number of anilines is 5. The molecule has 0 aliphatic carbocycles. The summed E-state index contributed by atoms with van der Waals surface area (Å²) in [6.07, 6.45) is 1.51. The van der Waals surface area contributed by atoms with Crippen molar-refractivity contribution in [3.05, 3.63) is 81.9 Å². The summed E-state index contributed by atoms with van der Waals surface area (Å²) in [5, 5.41) is 37.3. The molecular weight excluding hydrogens is 786 g/mol. The van der Waals surface area contributed by atoms with E-state index in [0.717, 1.165) is 39.9 Å². The van der Waals surface area contributed by atoms with E-state index in [0.29, 0.717) is 26.9 Å². The van der Waals surface area contributed by atoms with Crippen molar-refractivity contribution in [2.45, 2.75) is 21.8 Å². The monoisotopic (exact) mass is 815 g/mol. The van der Waals surface area contributed by atoms with Crippen LogP contribution < -0.4 is 71.7 Å². The van der Waals surface area contributed by atoms with E-state index in [2.05, 4.69) is 36.1 Å². The molecule has 0 bridgehead atoms. The van der Waals surface area contributed by atoms with Gasteiger partial charge in [0.1, 0.15) is 28.9 Å². The van der Waals surface area contributed by atoms with Crippen molar-refractivity contribution in [1.82, 2.24) is 30.4 Å². The number of hydrogen-bond acceptors (Lipinski definition) is 16.